The number of hydrogen-bond acceptors (Lipinski definition) is 5. The number of hydrogen-bond donors (Lipinski definition) is 3. The smallest absolute Gasteiger partial charge is 0.191 e. The van der Waals surface area contributed by atoms with Crippen molar-refractivity contribution in [3.05, 3.63) is 77.5 Å². The Labute approximate surface area is 190 Å². The molecule has 2 heterocycles. The first-order valence-electron chi connectivity index (χ1n) is 10.9. The molecule has 0 spiro atoms. The highest BCUT2D eigenvalue weighted by molar-refractivity contribution is 5.79. The van der Waals surface area contributed by atoms with Crippen LogP contribution in [0.2, 0.25) is 0 Å². The van der Waals surface area contributed by atoms with Gasteiger partial charge in [-0.2, -0.15) is 5.10 Å². The van der Waals surface area contributed by atoms with Gasteiger partial charge in [-0.1, -0.05) is 24.3 Å². The summed E-state index contributed by atoms with van der Waals surface area (Å²) in [5, 5.41) is 21.5. The standard InChI is InChI=1S/C24H34N6O2/c1-5-25-23(27-18-24(2,31)21-14-28-30(4)16-21)26-13-19-9-6-7-10-20(19)15-29(3)17-22-11-8-12-32-22/h6-12,14,16,31H,5,13,15,17-18H2,1-4H3,(H2,25,26,27). The highest BCUT2D eigenvalue weighted by Gasteiger charge is 2.25. The molecule has 3 aromatic rings. The van der Waals surface area contributed by atoms with Gasteiger partial charge in [0.05, 0.1) is 32.1 Å². The Balaban J connectivity index is 1.64. The van der Waals surface area contributed by atoms with Crippen LogP contribution in [0.1, 0.15) is 36.3 Å². The van der Waals surface area contributed by atoms with Crippen molar-refractivity contribution in [1.29, 1.82) is 0 Å². The molecule has 3 N–H and O–H groups in total. The largest absolute Gasteiger partial charge is 0.468 e. The minimum Gasteiger partial charge on any atom is -0.468 e. The topological polar surface area (TPSA) is 90.8 Å². The Morgan fingerprint density at radius 2 is 1.97 bits per heavy atom. The molecule has 0 aliphatic carbocycles. The maximum atomic E-state index is 10.8. The van der Waals surface area contributed by atoms with Crippen molar-refractivity contribution >= 4 is 5.96 Å². The Morgan fingerprint density at radius 3 is 2.62 bits per heavy atom. The van der Waals surface area contributed by atoms with E-state index in [1.807, 2.05) is 38.4 Å². The summed E-state index contributed by atoms with van der Waals surface area (Å²) < 4.78 is 7.14. The highest BCUT2D eigenvalue weighted by atomic mass is 16.3. The van der Waals surface area contributed by atoms with Crippen LogP contribution in [0.15, 0.2) is 64.5 Å². The first-order chi connectivity index (χ1) is 15.4. The number of nitrogens with zero attached hydrogens (tertiary/aromatic N) is 4. The van der Waals surface area contributed by atoms with Crippen molar-refractivity contribution in [3.63, 3.8) is 0 Å². The van der Waals surface area contributed by atoms with Gasteiger partial charge in [-0.3, -0.25) is 9.58 Å². The number of benzene rings is 1. The summed E-state index contributed by atoms with van der Waals surface area (Å²) in [7, 11) is 3.91. The van der Waals surface area contributed by atoms with Gasteiger partial charge in [-0.05, 0) is 44.2 Å². The summed E-state index contributed by atoms with van der Waals surface area (Å²) in [5.41, 5.74) is 2.09. The monoisotopic (exact) mass is 438 g/mol. The molecule has 0 fully saturated rings. The normalized spacial score (nSPS) is 13.9. The minimum absolute atomic E-state index is 0.318. The van der Waals surface area contributed by atoms with Crippen molar-refractivity contribution in [2.24, 2.45) is 12.0 Å². The summed E-state index contributed by atoms with van der Waals surface area (Å²) >= 11 is 0. The number of aliphatic hydroxyl groups is 1. The lowest BCUT2D eigenvalue weighted by atomic mass is 10.00. The van der Waals surface area contributed by atoms with E-state index in [-0.39, 0.29) is 0 Å². The highest BCUT2D eigenvalue weighted by Crippen LogP contribution is 2.18. The van der Waals surface area contributed by atoms with E-state index >= 15 is 0 Å². The van der Waals surface area contributed by atoms with Crippen LogP contribution in [0, 0.1) is 0 Å². The maximum Gasteiger partial charge on any atom is 0.191 e. The van der Waals surface area contributed by atoms with Gasteiger partial charge in [-0.25, -0.2) is 4.99 Å². The number of rotatable bonds is 10. The quantitative estimate of drug-likeness (QED) is 0.333. The molecule has 2 aromatic heterocycles. The Morgan fingerprint density at radius 1 is 1.19 bits per heavy atom. The van der Waals surface area contributed by atoms with Crippen molar-refractivity contribution < 1.29 is 9.52 Å². The lowest BCUT2D eigenvalue weighted by Gasteiger charge is -2.24. The van der Waals surface area contributed by atoms with E-state index in [2.05, 4.69) is 45.9 Å². The Kier molecular flexibility index (Phi) is 8.08. The van der Waals surface area contributed by atoms with Crippen LogP contribution in [0.3, 0.4) is 0 Å². The third-order valence-corrected chi connectivity index (χ3v) is 5.24. The number of guanidine groups is 1. The molecule has 0 aliphatic heterocycles. The molecule has 1 unspecified atom stereocenters. The zero-order valence-electron chi connectivity index (χ0n) is 19.4. The van der Waals surface area contributed by atoms with Gasteiger partial charge in [0.2, 0.25) is 0 Å². The molecule has 172 valence electrons. The molecule has 0 amide bonds. The van der Waals surface area contributed by atoms with Crippen molar-refractivity contribution in [2.75, 3.05) is 20.1 Å². The second kappa shape index (κ2) is 11.0. The molecule has 32 heavy (non-hydrogen) atoms. The molecular weight excluding hydrogens is 404 g/mol. The maximum absolute atomic E-state index is 10.8. The molecule has 0 saturated carbocycles. The summed E-state index contributed by atoms with van der Waals surface area (Å²) in [6.45, 7) is 6.92. The fourth-order valence-electron chi connectivity index (χ4n) is 3.44. The first-order valence-corrected chi connectivity index (χ1v) is 10.9. The molecule has 8 heteroatoms. The van der Waals surface area contributed by atoms with E-state index in [4.69, 9.17) is 9.41 Å². The van der Waals surface area contributed by atoms with E-state index in [9.17, 15) is 5.11 Å². The fraction of sp³-hybridized carbons (Fsp3) is 0.417. The molecule has 3 rings (SSSR count). The summed E-state index contributed by atoms with van der Waals surface area (Å²) in [5.74, 6) is 1.61. The SMILES string of the molecule is CCNC(=NCc1ccccc1CN(C)Cc1ccco1)NCC(C)(O)c1cnn(C)c1. The van der Waals surface area contributed by atoms with Crippen LogP contribution in [-0.4, -0.2) is 45.9 Å². The van der Waals surface area contributed by atoms with Crippen molar-refractivity contribution in [1.82, 2.24) is 25.3 Å². The molecule has 0 saturated heterocycles. The third-order valence-electron chi connectivity index (χ3n) is 5.24. The first kappa shape index (κ1) is 23.6. The van der Waals surface area contributed by atoms with E-state index in [1.54, 1.807) is 24.1 Å². The Hall–Kier alpha value is -3.10. The number of aromatic nitrogens is 2. The summed E-state index contributed by atoms with van der Waals surface area (Å²) in [6.07, 6.45) is 5.20. The van der Waals surface area contributed by atoms with Crippen LogP contribution in [0.4, 0.5) is 0 Å². The lowest BCUT2D eigenvalue weighted by Crippen LogP contribution is -2.44. The Bertz CT molecular complexity index is 994. The molecule has 0 radical (unpaired) electrons. The number of furan rings is 1. The molecular formula is C24H34N6O2. The number of aliphatic imine (C=N–C) groups is 1. The van der Waals surface area contributed by atoms with Gasteiger partial charge in [0, 0.05) is 31.9 Å². The van der Waals surface area contributed by atoms with E-state index in [0.29, 0.717) is 19.0 Å². The van der Waals surface area contributed by atoms with Crippen LogP contribution in [-0.2, 0) is 32.3 Å². The second-order valence-electron chi connectivity index (χ2n) is 8.25. The van der Waals surface area contributed by atoms with Crippen molar-refractivity contribution in [3.8, 4) is 0 Å². The van der Waals surface area contributed by atoms with Crippen molar-refractivity contribution in [2.45, 2.75) is 39.1 Å². The lowest BCUT2D eigenvalue weighted by molar-refractivity contribution is 0.0616. The zero-order chi connectivity index (χ0) is 23.0. The van der Waals surface area contributed by atoms with Gasteiger partial charge in [0.1, 0.15) is 11.4 Å². The van der Waals surface area contributed by atoms with Gasteiger partial charge >= 0.3 is 0 Å². The van der Waals surface area contributed by atoms with E-state index in [1.165, 1.54) is 5.56 Å². The number of nitrogens with one attached hydrogen (secondary N) is 2. The third kappa shape index (κ3) is 6.70. The molecule has 0 aliphatic rings. The predicted molar refractivity (Wildman–Crippen MR) is 126 cm³/mol. The second-order valence-corrected chi connectivity index (χ2v) is 8.25. The van der Waals surface area contributed by atoms with Gasteiger partial charge in [-0.15, -0.1) is 0 Å². The van der Waals surface area contributed by atoms with Crippen LogP contribution >= 0.6 is 0 Å². The summed E-state index contributed by atoms with van der Waals surface area (Å²) in [4.78, 5) is 6.97. The fourth-order valence-corrected chi connectivity index (χ4v) is 3.44. The number of aryl methyl sites for hydroxylation is 1. The molecule has 8 nitrogen and oxygen atoms in total. The molecule has 1 aromatic carbocycles. The van der Waals surface area contributed by atoms with Crippen LogP contribution < -0.4 is 10.6 Å². The van der Waals surface area contributed by atoms with Crippen LogP contribution in [0.5, 0.6) is 0 Å². The summed E-state index contributed by atoms with van der Waals surface area (Å²) in [6, 6.07) is 12.2. The van der Waals surface area contributed by atoms with E-state index < -0.39 is 5.60 Å². The van der Waals surface area contributed by atoms with Gasteiger partial charge in [0.25, 0.3) is 0 Å². The van der Waals surface area contributed by atoms with E-state index in [0.717, 1.165) is 36.5 Å². The van der Waals surface area contributed by atoms with Gasteiger partial charge in [0.15, 0.2) is 5.96 Å². The predicted octanol–water partition coefficient (Wildman–Crippen LogP) is 2.61. The van der Waals surface area contributed by atoms with Gasteiger partial charge < -0.3 is 20.2 Å². The van der Waals surface area contributed by atoms with Crippen LogP contribution in [0.25, 0.3) is 0 Å². The zero-order valence-corrected chi connectivity index (χ0v) is 19.4. The molecule has 0 bridgehead atoms. The minimum atomic E-state index is -1.06. The average molecular weight is 439 g/mol. The average Bonchev–Trinajstić information content (AvgIpc) is 3.43. The molecule has 1 atom stereocenters.